The van der Waals surface area contributed by atoms with Crippen LogP contribution in [0.1, 0.15) is 49.4 Å². The number of amides is 1. The Hall–Kier alpha value is -1.71. The van der Waals surface area contributed by atoms with Crippen molar-refractivity contribution in [3.63, 3.8) is 0 Å². The lowest BCUT2D eigenvalue weighted by Gasteiger charge is -2.15. The summed E-state index contributed by atoms with van der Waals surface area (Å²) in [4.78, 5) is 12.3. The zero-order valence-electron chi connectivity index (χ0n) is 20.2. The van der Waals surface area contributed by atoms with E-state index in [4.69, 9.17) is 10.5 Å². The number of nitrogens with two attached hydrogens (primary N) is 1. The highest BCUT2D eigenvalue weighted by Gasteiger charge is 2.06. The summed E-state index contributed by atoms with van der Waals surface area (Å²) in [5.74, 6) is 0.675. The molecule has 1 amide bonds. The number of benzene rings is 1. The maximum absolute atomic E-state index is 12.3. The highest BCUT2D eigenvalue weighted by atomic mass is 16.5. The summed E-state index contributed by atoms with van der Waals surface area (Å²) >= 11 is 0. The lowest BCUT2D eigenvalue weighted by atomic mass is 10.1. The number of rotatable bonds is 21. The van der Waals surface area contributed by atoms with Gasteiger partial charge in [0.1, 0.15) is 12.4 Å². The Morgan fingerprint density at radius 3 is 2.56 bits per heavy atom. The van der Waals surface area contributed by atoms with Gasteiger partial charge >= 0.3 is 0 Å². The Morgan fingerprint density at radius 2 is 1.75 bits per heavy atom. The maximum Gasteiger partial charge on any atom is 0.251 e. The molecule has 184 valence electrons. The van der Waals surface area contributed by atoms with E-state index in [-0.39, 0.29) is 5.91 Å². The van der Waals surface area contributed by atoms with Gasteiger partial charge < -0.3 is 37.1 Å². The van der Waals surface area contributed by atoms with E-state index in [2.05, 4.69) is 33.5 Å². The lowest BCUT2D eigenvalue weighted by molar-refractivity contribution is 0.0952. The molecular formula is C24H46N6O2. The molecule has 1 unspecified atom stereocenters. The molecule has 0 saturated carbocycles. The maximum atomic E-state index is 12.3. The third kappa shape index (κ3) is 15.2. The standard InChI is InChI=1S/C24H46N6O2/c1-21(29-17-16-28-15-14-26-2)10-13-27-18-19-32-23-9-7-8-22(20-23)24(31)30-12-6-4-3-5-11-25/h7-9,20-21,26-29H,3-6,10-19,25H2,1-2H3,(H,30,31). The van der Waals surface area contributed by atoms with Gasteiger partial charge in [0, 0.05) is 50.9 Å². The normalized spacial score (nSPS) is 12.0. The molecule has 0 aliphatic carbocycles. The first kappa shape index (κ1) is 28.3. The number of unbranched alkanes of at least 4 members (excludes halogenated alkanes) is 3. The first-order chi connectivity index (χ1) is 15.7. The number of nitrogens with one attached hydrogen (secondary N) is 5. The van der Waals surface area contributed by atoms with E-state index < -0.39 is 0 Å². The van der Waals surface area contributed by atoms with Crippen molar-refractivity contribution >= 4 is 5.91 Å². The Balaban J connectivity index is 2.09. The van der Waals surface area contributed by atoms with Crippen LogP contribution >= 0.6 is 0 Å². The second-order valence-electron chi connectivity index (χ2n) is 8.08. The predicted molar refractivity (Wildman–Crippen MR) is 134 cm³/mol. The van der Waals surface area contributed by atoms with Gasteiger partial charge in [0.25, 0.3) is 5.91 Å². The minimum absolute atomic E-state index is 0.0499. The minimum Gasteiger partial charge on any atom is -0.492 e. The summed E-state index contributed by atoms with van der Waals surface area (Å²) in [6, 6.07) is 7.85. The first-order valence-corrected chi connectivity index (χ1v) is 12.2. The zero-order valence-corrected chi connectivity index (χ0v) is 20.2. The van der Waals surface area contributed by atoms with Crippen molar-refractivity contribution < 1.29 is 9.53 Å². The summed E-state index contributed by atoms with van der Waals surface area (Å²) in [6.45, 7) is 9.89. The van der Waals surface area contributed by atoms with Crippen LogP contribution < -0.4 is 37.1 Å². The SMILES string of the molecule is CNCCNCCNC(C)CCNCCOc1cccc(C(=O)NCCCCCCN)c1. The fraction of sp³-hybridized carbons (Fsp3) is 0.708. The molecule has 0 aliphatic rings. The molecule has 1 aromatic rings. The van der Waals surface area contributed by atoms with Crippen LogP contribution in [-0.4, -0.2) is 78.0 Å². The number of ether oxygens (including phenoxy) is 1. The van der Waals surface area contributed by atoms with Crippen molar-refractivity contribution in [2.24, 2.45) is 5.73 Å². The van der Waals surface area contributed by atoms with Crippen LogP contribution in [0.25, 0.3) is 0 Å². The van der Waals surface area contributed by atoms with Crippen LogP contribution in [0.3, 0.4) is 0 Å². The van der Waals surface area contributed by atoms with Crippen molar-refractivity contribution in [3.8, 4) is 5.75 Å². The van der Waals surface area contributed by atoms with Crippen LogP contribution in [0.2, 0.25) is 0 Å². The van der Waals surface area contributed by atoms with E-state index in [1.165, 1.54) is 0 Å². The number of carbonyl (C=O) groups excluding carboxylic acids is 1. The molecule has 7 N–H and O–H groups in total. The Labute approximate surface area is 194 Å². The largest absolute Gasteiger partial charge is 0.492 e. The molecule has 1 rings (SSSR count). The van der Waals surface area contributed by atoms with Crippen molar-refractivity contribution in [2.45, 2.75) is 45.1 Å². The monoisotopic (exact) mass is 450 g/mol. The molecule has 0 radical (unpaired) electrons. The van der Waals surface area contributed by atoms with Crippen LogP contribution in [0.4, 0.5) is 0 Å². The highest BCUT2D eigenvalue weighted by Crippen LogP contribution is 2.13. The zero-order chi connectivity index (χ0) is 23.3. The van der Waals surface area contributed by atoms with E-state index in [0.717, 1.165) is 83.7 Å². The summed E-state index contributed by atoms with van der Waals surface area (Å²) in [5, 5.41) is 16.4. The van der Waals surface area contributed by atoms with Gasteiger partial charge in [0.2, 0.25) is 0 Å². The molecule has 0 aliphatic heterocycles. The molecule has 8 nitrogen and oxygen atoms in total. The third-order valence-electron chi connectivity index (χ3n) is 5.16. The summed E-state index contributed by atoms with van der Waals surface area (Å²) in [5.41, 5.74) is 6.13. The van der Waals surface area contributed by atoms with E-state index in [0.29, 0.717) is 24.8 Å². The molecule has 0 saturated heterocycles. The Bertz CT molecular complexity index is 587. The molecule has 0 bridgehead atoms. The van der Waals surface area contributed by atoms with Crippen molar-refractivity contribution in [1.82, 2.24) is 26.6 Å². The summed E-state index contributed by atoms with van der Waals surface area (Å²) < 4.78 is 5.80. The van der Waals surface area contributed by atoms with E-state index >= 15 is 0 Å². The first-order valence-electron chi connectivity index (χ1n) is 12.2. The van der Waals surface area contributed by atoms with E-state index in [1.54, 1.807) is 6.07 Å². The third-order valence-corrected chi connectivity index (χ3v) is 5.16. The molecule has 0 fully saturated rings. The topological polar surface area (TPSA) is 112 Å². The Morgan fingerprint density at radius 1 is 0.969 bits per heavy atom. The predicted octanol–water partition coefficient (Wildman–Crippen LogP) is 1.08. The van der Waals surface area contributed by atoms with Gasteiger partial charge in [0.05, 0.1) is 0 Å². The second kappa shape index (κ2) is 19.9. The number of hydrogen-bond acceptors (Lipinski definition) is 7. The highest BCUT2D eigenvalue weighted by molar-refractivity contribution is 5.94. The molecule has 0 aromatic heterocycles. The number of carbonyl (C=O) groups is 1. The van der Waals surface area contributed by atoms with Crippen molar-refractivity contribution in [3.05, 3.63) is 29.8 Å². The van der Waals surface area contributed by atoms with Crippen LogP contribution in [0, 0.1) is 0 Å². The van der Waals surface area contributed by atoms with E-state index in [9.17, 15) is 4.79 Å². The minimum atomic E-state index is -0.0499. The van der Waals surface area contributed by atoms with Gasteiger partial charge in [-0.3, -0.25) is 4.79 Å². The van der Waals surface area contributed by atoms with Gasteiger partial charge in [-0.1, -0.05) is 18.9 Å². The fourth-order valence-electron chi connectivity index (χ4n) is 3.19. The van der Waals surface area contributed by atoms with Crippen LogP contribution in [0.5, 0.6) is 5.75 Å². The average molecular weight is 451 g/mol. The molecule has 1 aromatic carbocycles. The second-order valence-corrected chi connectivity index (χ2v) is 8.08. The van der Waals surface area contributed by atoms with E-state index in [1.807, 2.05) is 25.2 Å². The molecule has 8 heteroatoms. The van der Waals surface area contributed by atoms with Crippen LogP contribution in [0.15, 0.2) is 24.3 Å². The van der Waals surface area contributed by atoms with Gasteiger partial charge in [-0.05, 0) is 64.5 Å². The van der Waals surface area contributed by atoms with Gasteiger partial charge in [0.15, 0.2) is 0 Å². The van der Waals surface area contributed by atoms with Gasteiger partial charge in [-0.15, -0.1) is 0 Å². The van der Waals surface area contributed by atoms with Crippen molar-refractivity contribution in [2.75, 3.05) is 66.0 Å². The quantitative estimate of drug-likeness (QED) is 0.155. The molecular weight excluding hydrogens is 404 g/mol. The number of hydrogen-bond donors (Lipinski definition) is 6. The molecule has 0 heterocycles. The van der Waals surface area contributed by atoms with Gasteiger partial charge in [-0.25, -0.2) is 0 Å². The molecule has 32 heavy (non-hydrogen) atoms. The van der Waals surface area contributed by atoms with Gasteiger partial charge in [-0.2, -0.15) is 0 Å². The fourth-order valence-corrected chi connectivity index (χ4v) is 3.19. The summed E-state index contributed by atoms with van der Waals surface area (Å²) in [6.07, 6.45) is 5.31. The molecule has 1 atom stereocenters. The smallest absolute Gasteiger partial charge is 0.251 e. The summed E-state index contributed by atoms with van der Waals surface area (Å²) in [7, 11) is 1.96. The van der Waals surface area contributed by atoms with Crippen LogP contribution in [-0.2, 0) is 0 Å². The number of likely N-dealkylation sites (N-methyl/N-ethyl adjacent to an activating group) is 1. The Kier molecular flexibility index (Phi) is 17.6. The lowest BCUT2D eigenvalue weighted by Crippen LogP contribution is -2.37. The average Bonchev–Trinajstić information content (AvgIpc) is 2.80. The molecule has 0 spiro atoms. The van der Waals surface area contributed by atoms with Crippen molar-refractivity contribution in [1.29, 1.82) is 0 Å².